The lowest BCUT2D eigenvalue weighted by molar-refractivity contribution is 0.0939. The normalized spacial score (nSPS) is 15.5. The van der Waals surface area contributed by atoms with Gasteiger partial charge in [-0.1, -0.05) is 31.0 Å². The van der Waals surface area contributed by atoms with Gasteiger partial charge < -0.3 is 5.32 Å². The number of sulfonamides is 1. The molecule has 1 saturated carbocycles. The van der Waals surface area contributed by atoms with Crippen LogP contribution in [0.1, 0.15) is 36.0 Å². The summed E-state index contributed by atoms with van der Waals surface area (Å²) < 4.78 is 27.4. The first-order valence-electron chi connectivity index (χ1n) is 7.52. The second kappa shape index (κ2) is 6.72. The highest BCUT2D eigenvalue weighted by Gasteiger charge is 2.22. The minimum atomic E-state index is -3.66. The van der Waals surface area contributed by atoms with Crippen molar-refractivity contribution in [3.8, 4) is 0 Å². The number of para-hydroxylation sites is 1. The molecular formula is C16H18N2O3S2. The van der Waals surface area contributed by atoms with Crippen LogP contribution in [-0.4, -0.2) is 20.4 Å². The third kappa shape index (κ3) is 3.73. The number of hydrogen-bond donors (Lipinski definition) is 2. The fourth-order valence-corrected chi connectivity index (χ4v) is 4.79. The first kappa shape index (κ1) is 16.0. The molecule has 2 N–H and O–H groups in total. The van der Waals surface area contributed by atoms with Gasteiger partial charge in [-0.05, 0) is 36.4 Å². The Morgan fingerprint density at radius 3 is 2.52 bits per heavy atom. The fraction of sp³-hybridized carbons (Fsp3) is 0.312. The highest BCUT2D eigenvalue weighted by Crippen LogP contribution is 2.24. The largest absolute Gasteiger partial charge is 0.349 e. The number of amides is 1. The highest BCUT2D eigenvalue weighted by molar-refractivity contribution is 7.94. The Hall–Kier alpha value is -1.86. The average molecular weight is 350 g/mol. The summed E-state index contributed by atoms with van der Waals surface area (Å²) in [5.41, 5.74) is 0.649. The van der Waals surface area contributed by atoms with Crippen LogP contribution in [0.4, 0.5) is 5.69 Å². The maximum Gasteiger partial charge on any atom is 0.271 e. The topological polar surface area (TPSA) is 75.3 Å². The predicted octanol–water partition coefficient (Wildman–Crippen LogP) is 3.22. The van der Waals surface area contributed by atoms with Gasteiger partial charge in [0.15, 0.2) is 0 Å². The fourth-order valence-electron chi connectivity index (χ4n) is 2.71. The Bertz CT molecular complexity index is 779. The molecule has 0 unspecified atom stereocenters. The van der Waals surface area contributed by atoms with Gasteiger partial charge in [0.05, 0.1) is 11.3 Å². The number of benzene rings is 1. The van der Waals surface area contributed by atoms with Gasteiger partial charge in [0.1, 0.15) is 4.21 Å². The van der Waals surface area contributed by atoms with E-state index in [0.29, 0.717) is 11.3 Å². The van der Waals surface area contributed by atoms with E-state index in [9.17, 15) is 13.2 Å². The number of hydrogen-bond acceptors (Lipinski definition) is 4. The van der Waals surface area contributed by atoms with Gasteiger partial charge in [0.2, 0.25) is 0 Å². The summed E-state index contributed by atoms with van der Waals surface area (Å²) in [5.74, 6) is -0.235. The number of nitrogens with one attached hydrogen (secondary N) is 2. The number of thiophene rings is 1. The van der Waals surface area contributed by atoms with Crippen molar-refractivity contribution in [3.05, 3.63) is 47.3 Å². The minimum Gasteiger partial charge on any atom is -0.349 e. The van der Waals surface area contributed by atoms with Gasteiger partial charge in [-0.2, -0.15) is 0 Å². The standard InChI is InChI=1S/C16H18N2O3S2/c19-16(17-12-6-1-2-7-12)13-8-3-4-9-14(13)18-23(20,21)15-10-5-11-22-15/h3-5,8-12,18H,1-2,6-7H2,(H,17,19). The summed E-state index contributed by atoms with van der Waals surface area (Å²) in [6.45, 7) is 0. The first-order valence-corrected chi connectivity index (χ1v) is 9.89. The quantitative estimate of drug-likeness (QED) is 0.869. The summed E-state index contributed by atoms with van der Waals surface area (Å²) in [4.78, 5) is 12.5. The summed E-state index contributed by atoms with van der Waals surface area (Å²) in [7, 11) is -3.66. The molecule has 1 aliphatic carbocycles. The van der Waals surface area contributed by atoms with Crippen LogP contribution in [0.2, 0.25) is 0 Å². The van der Waals surface area contributed by atoms with Crippen LogP contribution in [-0.2, 0) is 10.0 Å². The average Bonchev–Trinajstić information content (AvgIpc) is 3.21. The van der Waals surface area contributed by atoms with Crippen molar-refractivity contribution < 1.29 is 13.2 Å². The molecule has 122 valence electrons. The summed E-state index contributed by atoms with van der Waals surface area (Å²) in [6, 6.07) is 10.1. The van der Waals surface area contributed by atoms with Crippen molar-refractivity contribution in [2.24, 2.45) is 0 Å². The van der Waals surface area contributed by atoms with E-state index in [1.54, 1.807) is 35.7 Å². The van der Waals surface area contributed by atoms with Crippen molar-refractivity contribution >= 4 is 33.0 Å². The molecule has 5 nitrogen and oxygen atoms in total. The smallest absolute Gasteiger partial charge is 0.271 e. The lowest BCUT2D eigenvalue weighted by Gasteiger charge is -2.15. The van der Waals surface area contributed by atoms with E-state index in [1.165, 1.54) is 6.07 Å². The van der Waals surface area contributed by atoms with Crippen LogP contribution in [0.25, 0.3) is 0 Å². The zero-order valence-corrected chi connectivity index (χ0v) is 14.1. The van der Waals surface area contributed by atoms with E-state index in [2.05, 4.69) is 10.0 Å². The first-order chi connectivity index (χ1) is 11.1. The van der Waals surface area contributed by atoms with Crippen molar-refractivity contribution in [1.29, 1.82) is 0 Å². The molecule has 2 aromatic rings. The molecule has 0 saturated heterocycles. The molecular weight excluding hydrogens is 332 g/mol. The van der Waals surface area contributed by atoms with Gasteiger partial charge in [0.25, 0.3) is 15.9 Å². The van der Waals surface area contributed by atoms with Gasteiger partial charge in [-0.3, -0.25) is 9.52 Å². The van der Waals surface area contributed by atoms with Crippen LogP contribution in [0.5, 0.6) is 0 Å². The maximum absolute atomic E-state index is 12.5. The van der Waals surface area contributed by atoms with E-state index in [-0.39, 0.29) is 16.2 Å². The molecule has 1 aliphatic rings. The Balaban J connectivity index is 1.81. The molecule has 23 heavy (non-hydrogen) atoms. The molecule has 0 aliphatic heterocycles. The van der Waals surface area contributed by atoms with Crippen LogP contribution in [0.15, 0.2) is 46.0 Å². The molecule has 7 heteroatoms. The lowest BCUT2D eigenvalue weighted by atomic mass is 10.1. The highest BCUT2D eigenvalue weighted by atomic mass is 32.2. The van der Waals surface area contributed by atoms with E-state index < -0.39 is 10.0 Å². The van der Waals surface area contributed by atoms with Gasteiger partial charge in [-0.25, -0.2) is 8.42 Å². The Morgan fingerprint density at radius 1 is 1.09 bits per heavy atom. The van der Waals surface area contributed by atoms with Gasteiger partial charge in [0, 0.05) is 6.04 Å². The maximum atomic E-state index is 12.5. The zero-order chi connectivity index (χ0) is 16.3. The molecule has 0 atom stereocenters. The molecule has 1 aromatic heterocycles. The van der Waals surface area contributed by atoms with Gasteiger partial charge in [-0.15, -0.1) is 11.3 Å². The van der Waals surface area contributed by atoms with Gasteiger partial charge >= 0.3 is 0 Å². The van der Waals surface area contributed by atoms with Crippen molar-refractivity contribution in [2.45, 2.75) is 35.9 Å². The Morgan fingerprint density at radius 2 is 1.83 bits per heavy atom. The monoisotopic (exact) mass is 350 g/mol. The number of carbonyl (C=O) groups is 1. The van der Waals surface area contributed by atoms with E-state index >= 15 is 0 Å². The molecule has 3 rings (SSSR count). The minimum absolute atomic E-state index is 0.185. The number of rotatable bonds is 5. The molecule has 1 heterocycles. The van der Waals surface area contributed by atoms with Crippen LogP contribution < -0.4 is 10.0 Å². The molecule has 0 radical (unpaired) electrons. The molecule has 0 bridgehead atoms. The molecule has 1 amide bonds. The van der Waals surface area contributed by atoms with E-state index in [1.807, 2.05) is 0 Å². The zero-order valence-electron chi connectivity index (χ0n) is 12.5. The third-order valence-electron chi connectivity index (χ3n) is 3.87. The van der Waals surface area contributed by atoms with E-state index in [4.69, 9.17) is 0 Å². The summed E-state index contributed by atoms with van der Waals surface area (Å²) >= 11 is 1.14. The second-order valence-corrected chi connectivity index (χ2v) is 8.39. The number of anilines is 1. The van der Waals surface area contributed by atoms with Crippen molar-refractivity contribution in [3.63, 3.8) is 0 Å². The summed E-state index contributed by atoms with van der Waals surface area (Å²) in [6.07, 6.45) is 4.21. The second-order valence-electron chi connectivity index (χ2n) is 5.54. The predicted molar refractivity (Wildman–Crippen MR) is 91.3 cm³/mol. The molecule has 1 fully saturated rings. The Labute approximate surface area is 139 Å². The van der Waals surface area contributed by atoms with Crippen LogP contribution >= 0.6 is 11.3 Å². The SMILES string of the molecule is O=C(NC1CCCC1)c1ccccc1NS(=O)(=O)c1cccs1. The number of carbonyl (C=O) groups excluding carboxylic acids is 1. The van der Waals surface area contributed by atoms with Crippen molar-refractivity contribution in [2.75, 3.05) is 4.72 Å². The van der Waals surface area contributed by atoms with Crippen molar-refractivity contribution in [1.82, 2.24) is 5.32 Å². The lowest BCUT2D eigenvalue weighted by Crippen LogP contribution is -2.33. The molecule has 1 aromatic carbocycles. The van der Waals surface area contributed by atoms with E-state index in [0.717, 1.165) is 37.0 Å². The van der Waals surface area contributed by atoms with Crippen LogP contribution in [0, 0.1) is 0 Å². The van der Waals surface area contributed by atoms with Crippen LogP contribution in [0.3, 0.4) is 0 Å². The third-order valence-corrected chi connectivity index (χ3v) is 6.63. The molecule has 0 spiro atoms. The Kier molecular flexibility index (Phi) is 4.68. The summed E-state index contributed by atoms with van der Waals surface area (Å²) in [5, 5.41) is 4.69.